The smallest absolute Gasteiger partial charge is 0.272 e. The van der Waals surface area contributed by atoms with Crippen LogP contribution in [-0.4, -0.2) is 41.2 Å². The molecule has 0 saturated carbocycles. The Hall–Kier alpha value is -2.45. The molecule has 1 fully saturated rings. The van der Waals surface area contributed by atoms with Crippen molar-refractivity contribution in [1.82, 2.24) is 20.4 Å². The van der Waals surface area contributed by atoms with Gasteiger partial charge in [-0.1, -0.05) is 0 Å². The molecule has 0 spiro atoms. The number of carbonyl (C=O) groups is 2. The average Bonchev–Trinajstić information content (AvgIpc) is 3.13. The number of hydrogen-bond acceptors (Lipinski definition) is 4. The van der Waals surface area contributed by atoms with E-state index in [1.807, 2.05) is 0 Å². The van der Waals surface area contributed by atoms with Gasteiger partial charge < -0.3 is 16.0 Å². The lowest BCUT2D eigenvalue weighted by Crippen LogP contribution is -2.34. The number of benzene rings is 1. The van der Waals surface area contributed by atoms with Crippen molar-refractivity contribution in [2.75, 3.05) is 25.0 Å². The fourth-order valence-electron chi connectivity index (χ4n) is 2.71. The first-order valence-electron chi connectivity index (χ1n) is 8.21. The predicted molar refractivity (Wildman–Crippen MR) is 98.0 cm³/mol. The first kappa shape index (κ1) is 19.9. The van der Waals surface area contributed by atoms with E-state index < -0.39 is 11.8 Å². The maximum Gasteiger partial charge on any atom is 0.272 e. The fraction of sp³-hybridized carbons (Fsp3) is 0.353. The third kappa shape index (κ3) is 5.27. The van der Waals surface area contributed by atoms with Crippen LogP contribution in [-0.2, 0) is 4.79 Å². The molecule has 0 bridgehead atoms. The van der Waals surface area contributed by atoms with Crippen LogP contribution in [0.2, 0.25) is 0 Å². The monoisotopic (exact) mass is 381 g/mol. The normalized spacial score (nSPS) is 16.4. The summed E-state index contributed by atoms with van der Waals surface area (Å²) in [6.07, 6.45) is 3.89. The summed E-state index contributed by atoms with van der Waals surface area (Å²) in [6.45, 7) is 1.66. The number of rotatable bonds is 5. The molecule has 1 aliphatic heterocycles. The van der Waals surface area contributed by atoms with Gasteiger partial charge in [-0.3, -0.25) is 14.3 Å². The van der Waals surface area contributed by atoms with Crippen molar-refractivity contribution in [3.8, 4) is 0 Å². The minimum atomic E-state index is -0.406. The van der Waals surface area contributed by atoms with Gasteiger partial charge in [0.15, 0.2) is 0 Å². The van der Waals surface area contributed by atoms with E-state index in [0.29, 0.717) is 5.69 Å². The molecule has 1 aliphatic rings. The molecule has 9 heteroatoms. The molecular formula is C17H21ClFN5O2. The Morgan fingerprint density at radius 3 is 2.73 bits per heavy atom. The van der Waals surface area contributed by atoms with E-state index in [1.54, 1.807) is 16.9 Å². The van der Waals surface area contributed by atoms with Crippen LogP contribution in [0.4, 0.5) is 10.1 Å². The van der Waals surface area contributed by atoms with Crippen molar-refractivity contribution in [2.24, 2.45) is 0 Å². The van der Waals surface area contributed by atoms with Crippen molar-refractivity contribution < 1.29 is 14.0 Å². The second-order valence-corrected chi connectivity index (χ2v) is 5.92. The maximum absolute atomic E-state index is 12.8. The van der Waals surface area contributed by atoms with Crippen LogP contribution < -0.4 is 16.0 Å². The quantitative estimate of drug-likeness (QED) is 0.736. The average molecular weight is 382 g/mol. The topological polar surface area (TPSA) is 88.1 Å². The van der Waals surface area contributed by atoms with Crippen LogP contribution in [0.1, 0.15) is 29.4 Å². The van der Waals surface area contributed by atoms with Gasteiger partial charge >= 0.3 is 0 Å². The molecular weight excluding hydrogens is 361 g/mol. The first-order valence-corrected chi connectivity index (χ1v) is 8.21. The van der Waals surface area contributed by atoms with Gasteiger partial charge in [0.05, 0.1) is 12.6 Å². The number of carbonyl (C=O) groups excluding carboxylic acids is 2. The van der Waals surface area contributed by atoms with Gasteiger partial charge in [-0.25, -0.2) is 4.39 Å². The molecule has 1 unspecified atom stereocenters. The Bertz CT molecular complexity index is 744. The summed E-state index contributed by atoms with van der Waals surface area (Å²) < 4.78 is 14.6. The van der Waals surface area contributed by atoms with Crippen molar-refractivity contribution >= 4 is 29.9 Å². The highest BCUT2D eigenvalue weighted by atomic mass is 35.5. The van der Waals surface area contributed by atoms with Crippen LogP contribution in [0.15, 0.2) is 36.5 Å². The van der Waals surface area contributed by atoms with Gasteiger partial charge in [0, 0.05) is 18.4 Å². The largest absolute Gasteiger partial charge is 0.342 e. The van der Waals surface area contributed by atoms with Gasteiger partial charge in [-0.2, -0.15) is 5.10 Å². The van der Waals surface area contributed by atoms with E-state index in [1.165, 1.54) is 24.3 Å². The van der Waals surface area contributed by atoms with Crippen molar-refractivity contribution in [2.45, 2.75) is 18.9 Å². The van der Waals surface area contributed by atoms with E-state index in [-0.39, 0.29) is 36.5 Å². The third-order valence-electron chi connectivity index (χ3n) is 4.02. The van der Waals surface area contributed by atoms with Crippen LogP contribution >= 0.6 is 12.4 Å². The molecule has 2 amide bonds. The lowest BCUT2D eigenvalue weighted by Gasteiger charge is -2.22. The van der Waals surface area contributed by atoms with Crippen molar-refractivity contribution in [1.29, 1.82) is 0 Å². The van der Waals surface area contributed by atoms with E-state index >= 15 is 0 Å². The van der Waals surface area contributed by atoms with Gasteiger partial charge in [0.1, 0.15) is 11.5 Å². The number of anilines is 1. The number of aromatic nitrogens is 2. The number of piperidine rings is 1. The number of nitrogens with one attached hydrogen (secondary N) is 3. The van der Waals surface area contributed by atoms with Gasteiger partial charge in [-0.15, -0.1) is 12.4 Å². The Kier molecular flexibility index (Phi) is 7.11. The zero-order chi connectivity index (χ0) is 17.6. The van der Waals surface area contributed by atoms with Crippen LogP contribution in [0.3, 0.4) is 0 Å². The van der Waals surface area contributed by atoms with Crippen LogP contribution in [0, 0.1) is 5.82 Å². The summed E-state index contributed by atoms with van der Waals surface area (Å²) in [5.41, 5.74) is 0.745. The molecule has 2 aromatic rings. The fourth-order valence-corrected chi connectivity index (χ4v) is 2.71. The molecule has 0 radical (unpaired) electrons. The number of nitrogens with zero attached hydrogens (tertiary/aromatic N) is 2. The standard InChI is InChI=1S/C17H20FN5O2.ClH/c18-12-3-5-13(6-4-12)21-16(24)11-20-17(25)15-7-9-23(22-15)14-2-1-8-19-10-14;/h3-7,9,14,19H,1-2,8,10-11H2,(H,20,25)(H,21,24);1H. The Labute approximate surface area is 156 Å². The summed E-state index contributed by atoms with van der Waals surface area (Å²) in [5, 5.41) is 12.7. The molecule has 3 N–H and O–H groups in total. The summed E-state index contributed by atoms with van der Waals surface area (Å²) in [6, 6.07) is 7.30. The van der Waals surface area contributed by atoms with Crippen LogP contribution in [0.5, 0.6) is 0 Å². The SMILES string of the molecule is Cl.O=C(CNC(=O)c1ccn(C2CCCNC2)n1)Nc1ccc(F)cc1. The highest BCUT2D eigenvalue weighted by molar-refractivity contribution is 5.98. The van der Waals surface area contributed by atoms with E-state index in [2.05, 4.69) is 21.0 Å². The molecule has 1 atom stereocenters. The molecule has 140 valence electrons. The van der Waals surface area contributed by atoms with E-state index in [0.717, 1.165) is 25.9 Å². The molecule has 7 nitrogen and oxygen atoms in total. The second-order valence-electron chi connectivity index (χ2n) is 5.92. The molecule has 1 aromatic carbocycles. The first-order chi connectivity index (χ1) is 12.1. The highest BCUT2D eigenvalue weighted by Gasteiger charge is 2.18. The number of amides is 2. The third-order valence-corrected chi connectivity index (χ3v) is 4.02. The molecule has 26 heavy (non-hydrogen) atoms. The zero-order valence-electron chi connectivity index (χ0n) is 14.1. The lowest BCUT2D eigenvalue weighted by molar-refractivity contribution is -0.115. The Morgan fingerprint density at radius 1 is 1.27 bits per heavy atom. The van der Waals surface area contributed by atoms with Crippen LogP contribution in [0.25, 0.3) is 0 Å². The summed E-state index contributed by atoms with van der Waals surface area (Å²) in [5.74, 6) is -1.18. The van der Waals surface area contributed by atoms with E-state index in [4.69, 9.17) is 0 Å². The minimum Gasteiger partial charge on any atom is -0.342 e. The summed E-state index contributed by atoms with van der Waals surface area (Å²) >= 11 is 0. The van der Waals surface area contributed by atoms with Gasteiger partial charge in [0.2, 0.25) is 5.91 Å². The molecule has 2 heterocycles. The van der Waals surface area contributed by atoms with Crippen molar-refractivity contribution in [3.63, 3.8) is 0 Å². The zero-order valence-corrected chi connectivity index (χ0v) is 14.9. The summed E-state index contributed by atoms with van der Waals surface area (Å²) in [7, 11) is 0. The van der Waals surface area contributed by atoms with E-state index in [9.17, 15) is 14.0 Å². The number of halogens is 2. The Morgan fingerprint density at radius 2 is 2.04 bits per heavy atom. The molecule has 0 aliphatic carbocycles. The molecule has 3 rings (SSSR count). The van der Waals surface area contributed by atoms with Crippen molar-refractivity contribution in [3.05, 3.63) is 48.0 Å². The summed E-state index contributed by atoms with van der Waals surface area (Å²) in [4.78, 5) is 23.9. The molecule has 1 aromatic heterocycles. The number of hydrogen-bond donors (Lipinski definition) is 3. The van der Waals surface area contributed by atoms with Gasteiger partial charge in [-0.05, 0) is 49.7 Å². The second kappa shape index (κ2) is 9.30. The Balaban J connectivity index is 0.00000243. The van der Waals surface area contributed by atoms with Gasteiger partial charge in [0.25, 0.3) is 5.91 Å². The minimum absolute atomic E-state index is 0. The highest BCUT2D eigenvalue weighted by Crippen LogP contribution is 2.15. The lowest BCUT2D eigenvalue weighted by atomic mass is 10.1. The molecule has 1 saturated heterocycles. The maximum atomic E-state index is 12.8. The predicted octanol–water partition coefficient (Wildman–Crippen LogP) is 1.74.